The van der Waals surface area contributed by atoms with E-state index in [0.717, 1.165) is 10.0 Å². The fraction of sp³-hybridized carbons (Fsp3) is 0.333. The minimum absolute atomic E-state index is 0.00204. The van der Waals surface area contributed by atoms with Crippen LogP contribution < -0.4 is 10.1 Å². The van der Waals surface area contributed by atoms with Crippen LogP contribution in [0.5, 0.6) is 5.75 Å². The molecule has 148 valence electrons. The molecule has 7 heteroatoms. The zero-order valence-corrected chi connectivity index (χ0v) is 17.2. The lowest BCUT2D eigenvalue weighted by Crippen LogP contribution is -2.52. The van der Waals surface area contributed by atoms with Crippen LogP contribution in [0.4, 0.5) is 0 Å². The number of ether oxygens (including phenoxy) is 1. The van der Waals surface area contributed by atoms with E-state index in [4.69, 9.17) is 4.74 Å². The Hall–Kier alpha value is -2.38. The number of rotatable bonds is 7. The standard InChI is InChI=1S/C21H24BrN3O3/c22-18-6-8-19(9-7-18)28-16-21(27)25-12-10-24(11-13-25)15-20(26)23-14-17-4-2-1-3-5-17/h1-9H,10-16H2,(H,23,26). The second-order valence-electron chi connectivity index (χ2n) is 6.66. The van der Waals surface area contributed by atoms with Gasteiger partial charge < -0.3 is 15.0 Å². The first-order valence-electron chi connectivity index (χ1n) is 9.29. The molecule has 1 aliphatic heterocycles. The van der Waals surface area contributed by atoms with Gasteiger partial charge in [0.25, 0.3) is 5.91 Å². The number of carbonyl (C=O) groups excluding carboxylic acids is 2. The summed E-state index contributed by atoms with van der Waals surface area (Å²) in [5.41, 5.74) is 1.08. The maximum Gasteiger partial charge on any atom is 0.260 e. The average Bonchev–Trinajstić information content (AvgIpc) is 2.73. The molecule has 1 aliphatic rings. The van der Waals surface area contributed by atoms with Crippen LogP contribution >= 0.6 is 15.9 Å². The van der Waals surface area contributed by atoms with Gasteiger partial charge in [-0.2, -0.15) is 0 Å². The van der Waals surface area contributed by atoms with Gasteiger partial charge in [-0.1, -0.05) is 46.3 Å². The van der Waals surface area contributed by atoms with E-state index in [1.54, 1.807) is 4.90 Å². The number of hydrogen-bond acceptors (Lipinski definition) is 4. The lowest BCUT2D eigenvalue weighted by Gasteiger charge is -2.34. The molecule has 0 spiro atoms. The second kappa shape index (κ2) is 10.2. The zero-order chi connectivity index (χ0) is 19.8. The summed E-state index contributed by atoms with van der Waals surface area (Å²) in [7, 11) is 0. The molecule has 0 atom stereocenters. The van der Waals surface area contributed by atoms with E-state index >= 15 is 0 Å². The maximum absolute atomic E-state index is 12.3. The predicted molar refractivity (Wildman–Crippen MR) is 111 cm³/mol. The Kier molecular flexibility index (Phi) is 7.45. The van der Waals surface area contributed by atoms with Crippen molar-refractivity contribution in [1.82, 2.24) is 15.1 Å². The fourth-order valence-electron chi connectivity index (χ4n) is 2.98. The van der Waals surface area contributed by atoms with Gasteiger partial charge >= 0.3 is 0 Å². The minimum atomic E-state index is -0.0314. The van der Waals surface area contributed by atoms with Gasteiger partial charge in [0, 0.05) is 37.2 Å². The summed E-state index contributed by atoms with van der Waals surface area (Å²) < 4.78 is 6.52. The van der Waals surface area contributed by atoms with Gasteiger partial charge in [-0.15, -0.1) is 0 Å². The molecule has 1 heterocycles. The largest absolute Gasteiger partial charge is 0.484 e. The summed E-state index contributed by atoms with van der Waals surface area (Å²) >= 11 is 3.37. The van der Waals surface area contributed by atoms with Crippen LogP contribution in [0, 0.1) is 0 Å². The highest BCUT2D eigenvalue weighted by Gasteiger charge is 2.22. The van der Waals surface area contributed by atoms with E-state index in [1.165, 1.54) is 0 Å². The van der Waals surface area contributed by atoms with E-state index in [0.29, 0.717) is 45.0 Å². The van der Waals surface area contributed by atoms with Crippen LogP contribution in [0.1, 0.15) is 5.56 Å². The number of amides is 2. The highest BCUT2D eigenvalue weighted by Crippen LogP contribution is 2.16. The number of carbonyl (C=O) groups is 2. The van der Waals surface area contributed by atoms with Gasteiger partial charge in [0.1, 0.15) is 5.75 Å². The molecule has 1 N–H and O–H groups in total. The summed E-state index contributed by atoms with van der Waals surface area (Å²) in [6.07, 6.45) is 0. The smallest absolute Gasteiger partial charge is 0.260 e. The summed E-state index contributed by atoms with van der Waals surface area (Å²) in [5.74, 6) is 0.642. The van der Waals surface area contributed by atoms with E-state index in [-0.39, 0.29) is 18.4 Å². The predicted octanol–water partition coefficient (Wildman–Crippen LogP) is 2.29. The third kappa shape index (κ3) is 6.35. The van der Waals surface area contributed by atoms with Crippen LogP contribution in [0.15, 0.2) is 59.1 Å². The van der Waals surface area contributed by atoms with Crippen molar-refractivity contribution in [3.63, 3.8) is 0 Å². The van der Waals surface area contributed by atoms with Crippen molar-refractivity contribution in [3.8, 4) is 5.75 Å². The average molecular weight is 446 g/mol. The number of nitrogens with zero attached hydrogens (tertiary/aromatic N) is 2. The maximum atomic E-state index is 12.3. The molecule has 0 radical (unpaired) electrons. The first kappa shape index (κ1) is 20.4. The third-order valence-electron chi connectivity index (χ3n) is 4.60. The third-order valence-corrected chi connectivity index (χ3v) is 5.13. The van der Waals surface area contributed by atoms with Gasteiger partial charge in [0.05, 0.1) is 6.54 Å². The first-order chi connectivity index (χ1) is 13.6. The van der Waals surface area contributed by atoms with Crippen molar-refractivity contribution in [2.75, 3.05) is 39.3 Å². The lowest BCUT2D eigenvalue weighted by molar-refractivity contribution is -0.135. The van der Waals surface area contributed by atoms with Gasteiger partial charge in [-0.3, -0.25) is 14.5 Å². The number of hydrogen-bond donors (Lipinski definition) is 1. The number of benzene rings is 2. The topological polar surface area (TPSA) is 61.9 Å². The van der Waals surface area contributed by atoms with Crippen LogP contribution in [0.25, 0.3) is 0 Å². The summed E-state index contributed by atoms with van der Waals surface area (Å²) in [6.45, 7) is 3.49. The Balaban J connectivity index is 1.34. The number of piperazine rings is 1. The normalized spacial score (nSPS) is 14.5. The van der Waals surface area contributed by atoms with Crippen LogP contribution in [0.2, 0.25) is 0 Å². The Bertz CT molecular complexity index is 775. The molecule has 2 aromatic rings. The molecule has 3 rings (SSSR count). The Labute approximate surface area is 173 Å². The van der Waals surface area contributed by atoms with E-state index in [1.807, 2.05) is 54.6 Å². The van der Waals surface area contributed by atoms with Crippen molar-refractivity contribution in [2.45, 2.75) is 6.54 Å². The Morgan fingerprint density at radius 3 is 2.32 bits per heavy atom. The van der Waals surface area contributed by atoms with E-state index < -0.39 is 0 Å². The Morgan fingerprint density at radius 1 is 0.964 bits per heavy atom. The van der Waals surface area contributed by atoms with Gasteiger partial charge in [-0.25, -0.2) is 0 Å². The van der Waals surface area contributed by atoms with Gasteiger partial charge in [0.2, 0.25) is 5.91 Å². The minimum Gasteiger partial charge on any atom is -0.484 e. The highest BCUT2D eigenvalue weighted by atomic mass is 79.9. The molecule has 28 heavy (non-hydrogen) atoms. The SMILES string of the molecule is O=C(CN1CCN(C(=O)COc2ccc(Br)cc2)CC1)NCc1ccccc1. The molecule has 0 bridgehead atoms. The Morgan fingerprint density at radius 2 is 1.64 bits per heavy atom. The van der Waals surface area contributed by atoms with Crippen LogP contribution in [-0.4, -0.2) is 60.9 Å². The van der Waals surface area contributed by atoms with Crippen molar-refractivity contribution in [1.29, 1.82) is 0 Å². The monoisotopic (exact) mass is 445 g/mol. The van der Waals surface area contributed by atoms with E-state index in [2.05, 4.69) is 26.1 Å². The van der Waals surface area contributed by atoms with Crippen molar-refractivity contribution in [3.05, 3.63) is 64.6 Å². The number of nitrogens with one attached hydrogen (secondary N) is 1. The molecule has 0 aromatic heterocycles. The lowest BCUT2D eigenvalue weighted by atomic mass is 10.2. The van der Waals surface area contributed by atoms with Crippen molar-refractivity contribution >= 4 is 27.7 Å². The summed E-state index contributed by atoms with van der Waals surface area (Å²) in [4.78, 5) is 28.3. The molecule has 6 nitrogen and oxygen atoms in total. The molecule has 1 saturated heterocycles. The number of halogens is 1. The molecule has 1 fully saturated rings. The summed E-state index contributed by atoms with van der Waals surface area (Å²) in [5, 5.41) is 2.94. The molecule has 0 saturated carbocycles. The molecular weight excluding hydrogens is 422 g/mol. The van der Waals surface area contributed by atoms with Gasteiger partial charge in [0.15, 0.2) is 6.61 Å². The second-order valence-corrected chi connectivity index (χ2v) is 7.58. The molecule has 2 amide bonds. The summed E-state index contributed by atoms with van der Waals surface area (Å²) in [6, 6.07) is 17.2. The zero-order valence-electron chi connectivity index (χ0n) is 15.6. The van der Waals surface area contributed by atoms with Gasteiger partial charge in [-0.05, 0) is 29.8 Å². The molecule has 0 unspecified atom stereocenters. The molecule has 2 aromatic carbocycles. The van der Waals surface area contributed by atoms with Crippen molar-refractivity contribution < 1.29 is 14.3 Å². The molecular formula is C21H24BrN3O3. The fourth-order valence-corrected chi connectivity index (χ4v) is 3.24. The quantitative estimate of drug-likeness (QED) is 0.709. The highest BCUT2D eigenvalue weighted by molar-refractivity contribution is 9.10. The van der Waals surface area contributed by atoms with Crippen LogP contribution in [0.3, 0.4) is 0 Å². The molecule has 0 aliphatic carbocycles. The van der Waals surface area contributed by atoms with Crippen LogP contribution in [-0.2, 0) is 16.1 Å². The van der Waals surface area contributed by atoms with E-state index in [9.17, 15) is 9.59 Å². The first-order valence-corrected chi connectivity index (χ1v) is 10.1. The van der Waals surface area contributed by atoms with Crippen molar-refractivity contribution in [2.24, 2.45) is 0 Å².